The highest BCUT2D eigenvalue weighted by molar-refractivity contribution is 6.31. The Morgan fingerprint density at radius 1 is 0.870 bits per heavy atom. The van der Waals surface area contributed by atoms with E-state index >= 15 is 0 Å². The molecule has 3 amide bonds. The summed E-state index contributed by atoms with van der Waals surface area (Å²) in [6.07, 6.45) is 6.12. The van der Waals surface area contributed by atoms with Gasteiger partial charge in [-0.05, 0) is 77.6 Å². The molecule has 3 N–H and O–H groups in total. The van der Waals surface area contributed by atoms with Crippen LogP contribution in [0.5, 0.6) is 0 Å². The molecule has 1 aromatic heterocycles. The van der Waals surface area contributed by atoms with Crippen molar-refractivity contribution in [2.45, 2.75) is 71.4 Å². The number of hydrogen-bond acceptors (Lipinski definition) is 4. The standard InChI is InChI=1S/C38H43ClN4O3/c1-25(2)23-34(41-35(44)20-14-27-11-15-28(16-12-27)38(3,4)5)37(46)43-32(19-13-26-9-7-6-8-10-26)36(45)42-31-21-22-40-33-24-29(39)17-18-30(31)33/h6-12,14-18,20-22,24-25,32,34H,13,19,23H2,1-5H3,(H,41,44)(H,43,46)(H,40,42,45)/b20-14+/t32-,34-/m1/s1. The Bertz CT molecular complexity index is 1680. The fourth-order valence-electron chi connectivity index (χ4n) is 5.14. The second-order valence-corrected chi connectivity index (χ2v) is 13.4. The molecule has 240 valence electrons. The zero-order valence-corrected chi connectivity index (χ0v) is 27.9. The molecule has 0 aliphatic carbocycles. The van der Waals surface area contributed by atoms with Gasteiger partial charge in [-0.1, -0.05) is 101 Å². The fraction of sp³-hybridized carbons (Fsp3) is 0.316. The van der Waals surface area contributed by atoms with Crippen LogP contribution in [-0.4, -0.2) is 34.8 Å². The highest BCUT2D eigenvalue weighted by Crippen LogP contribution is 2.25. The highest BCUT2D eigenvalue weighted by atomic mass is 35.5. The van der Waals surface area contributed by atoms with Gasteiger partial charge in [0.2, 0.25) is 17.7 Å². The molecule has 0 fully saturated rings. The van der Waals surface area contributed by atoms with Gasteiger partial charge in [-0.2, -0.15) is 0 Å². The zero-order chi connectivity index (χ0) is 33.3. The number of rotatable bonds is 12. The van der Waals surface area contributed by atoms with E-state index in [2.05, 4.69) is 53.8 Å². The second-order valence-electron chi connectivity index (χ2n) is 13.0. The molecule has 0 aliphatic rings. The molecular weight excluding hydrogens is 596 g/mol. The second kappa shape index (κ2) is 15.7. The molecule has 4 rings (SSSR count). The number of nitrogens with one attached hydrogen (secondary N) is 3. The summed E-state index contributed by atoms with van der Waals surface area (Å²) in [5, 5.41) is 10.1. The monoisotopic (exact) mass is 638 g/mol. The molecule has 2 atom stereocenters. The van der Waals surface area contributed by atoms with Gasteiger partial charge < -0.3 is 16.0 Å². The summed E-state index contributed by atoms with van der Waals surface area (Å²) >= 11 is 6.15. The average Bonchev–Trinajstić information content (AvgIpc) is 3.01. The Kier molecular flexibility index (Phi) is 11.7. The van der Waals surface area contributed by atoms with Crippen LogP contribution >= 0.6 is 11.6 Å². The third-order valence-corrected chi connectivity index (χ3v) is 7.94. The minimum absolute atomic E-state index is 0.0350. The third-order valence-electron chi connectivity index (χ3n) is 7.70. The van der Waals surface area contributed by atoms with Gasteiger partial charge in [-0.25, -0.2) is 0 Å². The number of pyridine rings is 1. The first kappa shape index (κ1) is 34.4. The van der Waals surface area contributed by atoms with Gasteiger partial charge in [-0.15, -0.1) is 0 Å². The fourth-order valence-corrected chi connectivity index (χ4v) is 5.30. The molecule has 0 spiro atoms. The summed E-state index contributed by atoms with van der Waals surface area (Å²) in [7, 11) is 0. The predicted molar refractivity (Wildman–Crippen MR) is 188 cm³/mol. The molecule has 0 aliphatic heterocycles. The number of nitrogens with zero attached hydrogens (tertiary/aromatic N) is 1. The van der Waals surface area contributed by atoms with E-state index in [-0.39, 0.29) is 23.1 Å². The van der Waals surface area contributed by atoms with Crippen molar-refractivity contribution in [3.8, 4) is 0 Å². The molecule has 1 heterocycles. The van der Waals surface area contributed by atoms with E-state index in [1.54, 1.807) is 36.5 Å². The largest absolute Gasteiger partial charge is 0.342 e. The summed E-state index contributed by atoms with van der Waals surface area (Å²) in [4.78, 5) is 44.8. The Morgan fingerprint density at radius 3 is 2.26 bits per heavy atom. The normalized spacial score (nSPS) is 13.0. The van der Waals surface area contributed by atoms with Crippen LogP contribution in [0.4, 0.5) is 5.69 Å². The number of amides is 3. The van der Waals surface area contributed by atoms with Gasteiger partial charge in [0, 0.05) is 22.7 Å². The maximum absolute atomic E-state index is 13.7. The quantitative estimate of drug-likeness (QED) is 0.140. The van der Waals surface area contributed by atoms with Gasteiger partial charge in [-0.3, -0.25) is 19.4 Å². The molecule has 0 unspecified atom stereocenters. The van der Waals surface area contributed by atoms with Crippen molar-refractivity contribution in [3.63, 3.8) is 0 Å². The summed E-state index contributed by atoms with van der Waals surface area (Å²) in [6, 6.07) is 23.2. The van der Waals surface area contributed by atoms with E-state index in [1.807, 2.05) is 56.3 Å². The Hall–Kier alpha value is -4.49. The van der Waals surface area contributed by atoms with E-state index < -0.39 is 18.0 Å². The van der Waals surface area contributed by atoms with Crippen molar-refractivity contribution in [1.29, 1.82) is 0 Å². The lowest BCUT2D eigenvalue weighted by molar-refractivity contribution is -0.130. The molecule has 0 saturated carbocycles. The summed E-state index contributed by atoms with van der Waals surface area (Å²) in [6.45, 7) is 10.4. The van der Waals surface area contributed by atoms with Gasteiger partial charge in [0.05, 0.1) is 11.2 Å². The number of carbonyl (C=O) groups excluding carboxylic acids is 3. The van der Waals surface area contributed by atoms with Crippen LogP contribution in [0, 0.1) is 5.92 Å². The molecule has 0 radical (unpaired) electrons. The van der Waals surface area contributed by atoms with Crippen molar-refractivity contribution < 1.29 is 14.4 Å². The van der Waals surface area contributed by atoms with Crippen LogP contribution in [0.1, 0.15) is 64.2 Å². The Balaban J connectivity index is 1.50. The molecule has 0 saturated heterocycles. The van der Waals surface area contributed by atoms with Crippen LogP contribution in [0.15, 0.2) is 91.1 Å². The number of fused-ring (bicyclic) bond motifs is 1. The van der Waals surface area contributed by atoms with Gasteiger partial charge in [0.1, 0.15) is 12.1 Å². The summed E-state index contributed by atoms with van der Waals surface area (Å²) in [5.41, 5.74) is 4.39. The van der Waals surface area contributed by atoms with Crippen LogP contribution in [-0.2, 0) is 26.2 Å². The molecule has 3 aromatic carbocycles. The molecule has 8 heteroatoms. The number of anilines is 1. The number of halogens is 1. The minimum Gasteiger partial charge on any atom is -0.342 e. The highest BCUT2D eigenvalue weighted by Gasteiger charge is 2.27. The zero-order valence-electron chi connectivity index (χ0n) is 27.1. The smallest absolute Gasteiger partial charge is 0.246 e. The topological polar surface area (TPSA) is 100 Å². The minimum atomic E-state index is -0.855. The molecule has 4 aromatic rings. The van der Waals surface area contributed by atoms with Crippen molar-refractivity contribution in [2.75, 3.05) is 5.32 Å². The van der Waals surface area contributed by atoms with Crippen molar-refractivity contribution in [2.24, 2.45) is 5.92 Å². The number of aromatic nitrogens is 1. The summed E-state index contributed by atoms with van der Waals surface area (Å²) in [5.74, 6) is -1.03. The molecule has 7 nitrogen and oxygen atoms in total. The number of hydrogen-bond donors (Lipinski definition) is 3. The first-order valence-electron chi connectivity index (χ1n) is 15.7. The number of carbonyl (C=O) groups is 3. The van der Waals surface area contributed by atoms with E-state index in [9.17, 15) is 14.4 Å². The molecule has 46 heavy (non-hydrogen) atoms. The van der Waals surface area contributed by atoms with Crippen molar-refractivity contribution in [1.82, 2.24) is 15.6 Å². The third kappa shape index (κ3) is 10.0. The van der Waals surface area contributed by atoms with E-state index in [0.29, 0.717) is 35.5 Å². The van der Waals surface area contributed by atoms with Crippen LogP contribution in [0.3, 0.4) is 0 Å². The number of aryl methyl sites for hydroxylation is 1. The SMILES string of the molecule is CC(C)C[C@@H](NC(=O)/C=C/c1ccc(C(C)(C)C)cc1)C(=O)N[C@H](CCc1ccccc1)C(=O)Nc1ccnc2cc(Cl)ccc12. The lowest BCUT2D eigenvalue weighted by atomic mass is 9.87. The first-order chi connectivity index (χ1) is 21.9. The van der Waals surface area contributed by atoms with E-state index in [1.165, 1.54) is 11.6 Å². The predicted octanol–water partition coefficient (Wildman–Crippen LogP) is 7.49. The first-order valence-corrected chi connectivity index (χ1v) is 16.1. The Morgan fingerprint density at radius 2 is 1.59 bits per heavy atom. The van der Waals surface area contributed by atoms with Crippen LogP contribution in [0.25, 0.3) is 17.0 Å². The lowest BCUT2D eigenvalue weighted by Gasteiger charge is -2.24. The van der Waals surface area contributed by atoms with E-state index in [0.717, 1.165) is 16.5 Å². The van der Waals surface area contributed by atoms with Crippen LogP contribution in [0.2, 0.25) is 5.02 Å². The van der Waals surface area contributed by atoms with Gasteiger partial charge in [0.15, 0.2) is 0 Å². The maximum Gasteiger partial charge on any atom is 0.246 e. The van der Waals surface area contributed by atoms with Crippen molar-refractivity contribution in [3.05, 3.63) is 113 Å². The van der Waals surface area contributed by atoms with E-state index in [4.69, 9.17) is 11.6 Å². The van der Waals surface area contributed by atoms with Gasteiger partial charge >= 0.3 is 0 Å². The Labute approximate surface area is 276 Å². The summed E-state index contributed by atoms with van der Waals surface area (Å²) < 4.78 is 0. The molecular formula is C38H43ClN4O3. The van der Waals surface area contributed by atoms with Crippen molar-refractivity contribution >= 4 is 52.0 Å². The number of benzene rings is 3. The average molecular weight is 639 g/mol. The van der Waals surface area contributed by atoms with Crippen LogP contribution < -0.4 is 16.0 Å². The lowest BCUT2D eigenvalue weighted by Crippen LogP contribution is -2.53. The van der Waals surface area contributed by atoms with Gasteiger partial charge in [0.25, 0.3) is 0 Å². The molecule has 0 bridgehead atoms. The maximum atomic E-state index is 13.7.